The lowest BCUT2D eigenvalue weighted by atomic mass is 10.2. The fourth-order valence-electron chi connectivity index (χ4n) is 2.68. The first-order chi connectivity index (χ1) is 14.8. The number of carbonyl (C=O) groups is 1. The number of halogens is 2. The molecule has 9 heteroatoms. The summed E-state index contributed by atoms with van der Waals surface area (Å²) in [7, 11) is -4.10. The molecule has 0 spiro atoms. The Labute approximate surface area is 185 Å². The van der Waals surface area contributed by atoms with Crippen molar-refractivity contribution in [3.63, 3.8) is 0 Å². The van der Waals surface area contributed by atoms with E-state index in [0.29, 0.717) is 11.1 Å². The van der Waals surface area contributed by atoms with E-state index in [2.05, 4.69) is 20.9 Å². The number of nitrogens with zero attached hydrogens (tertiary/aromatic N) is 1. The SMILES string of the molecule is O=C1OC(c2ccc(Br)cc2)=N/C1=C\c1ccc(OS(=O)(=O)c2ccc(F)cc2)cc1. The monoisotopic (exact) mass is 501 g/mol. The highest BCUT2D eigenvalue weighted by Gasteiger charge is 2.24. The summed E-state index contributed by atoms with van der Waals surface area (Å²) < 4.78 is 48.7. The molecule has 0 saturated carbocycles. The first kappa shape index (κ1) is 21.0. The smallest absolute Gasteiger partial charge is 0.363 e. The standard InChI is InChI=1S/C22H13BrFNO5S/c23-16-5-3-15(4-6-16)21-25-20(22(26)29-21)13-14-1-9-18(10-2-14)30-31(27,28)19-11-7-17(24)8-12-19/h1-13H/b20-13-. The lowest BCUT2D eigenvalue weighted by molar-refractivity contribution is -0.129. The summed E-state index contributed by atoms with van der Waals surface area (Å²) in [4.78, 5) is 16.2. The van der Waals surface area contributed by atoms with Gasteiger partial charge in [-0.25, -0.2) is 14.2 Å². The van der Waals surface area contributed by atoms with Crippen LogP contribution in [0.3, 0.4) is 0 Å². The maximum Gasteiger partial charge on any atom is 0.363 e. The average Bonchev–Trinajstić information content (AvgIpc) is 3.10. The molecule has 0 aromatic heterocycles. The Morgan fingerprint density at radius 3 is 2.23 bits per heavy atom. The third-order valence-electron chi connectivity index (χ3n) is 4.20. The van der Waals surface area contributed by atoms with Crippen LogP contribution < -0.4 is 4.18 Å². The summed E-state index contributed by atoms with van der Waals surface area (Å²) in [5.74, 6) is -0.863. The van der Waals surface area contributed by atoms with Crippen LogP contribution in [0.2, 0.25) is 0 Å². The Bertz CT molecular complexity index is 1300. The second-order valence-corrected chi connectivity index (χ2v) is 8.87. The number of hydrogen-bond donors (Lipinski definition) is 0. The van der Waals surface area contributed by atoms with Gasteiger partial charge in [0.2, 0.25) is 5.90 Å². The second-order valence-electron chi connectivity index (χ2n) is 6.40. The van der Waals surface area contributed by atoms with E-state index in [1.165, 1.54) is 18.2 Å². The van der Waals surface area contributed by atoms with Crippen LogP contribution in [0.1, 0.15) is 11.1 Å². The molecule has 1 aliphatic rings. The second kappa shape index (κ2) is 8.44. The Hall–Kier alpha value is -3.30. The lowest BCUT2D eigenvalue weighted by Crippen LogP contribution is -2.09. The van der Waals surface area contributed by atoms with Crippen molar-refractivity contribution in [3.05, 3.63) is 99.9 Å². The van der Waals surface area contributed by atoms with E-state index in [1.54, 1.807) is 24.3 Å². The molecule has 0 amide bonds. The minimum Gasteiger partial charge on any atom is -0.402 e. The van der Waals surface area contributed by atoms with Crippen molar-refractivity contribution in [2.24, 2.45) is 4.99 Å². The number of ether oxygens (including phenoxy) is 1. The highest BCUT2D eigenvalue weighted by atomic mass is 79.9. The molecular formula is C22H13BrFNO5S. The highest BCUT2D eigenvalue weighted by Crippen LogP contribution is 2.23. The number of rotatable bonds is 5. The van der Waals surface area contributed by atoms with E-state index >= 15 is 0 Å². The van der Waals surface area contributed by atoms with Crippen molar-refractivity contribution < 1.29 is 26.5 Å². The van der Waals surface area contributed by atoms with Gasteiger partial charge in [-0.3, -0.25) is 0 Å². The number of cyclic esters (lactones) is 1. The predicted molar refractivity (Wildman–Crippen MR) is 115 cm³/mol. The van der Waals surface area contributed by atoms with E-state index in [0.717, 1.165) is 28.7 Å². The van der Waals surface area contributed by atoms with Crippen molar-refractivity contribution in [1.29, 1.82) is 0 Å². The number of hydrogen-bond acceptors (Lipinski definition) is 6. The number of carbonyl (C=O) groups excluding carboxylic acids is 1. The lowest BCUT2D eigenvalue weighted by Gasteiger charge is -2.07. The molecule has 0 unspecified atom stereocenters. The van der Waals surface area contributed by atoms with E-state index < -0.39 is 21.9 Å². The van der Waals surface area contributed by atoms with Gasteiger partial charge < -0.3 is 8.92 Å². The minimum atomic E-state index is -4.10. The number of benzene rings is 3. The molecule has 1 aliphatic heterocycles. The summed E-state index contributed by atoms with van der Waals surface area (Å²) in [6, 6.07) is 17.5. The topological polar surface area (TPSA) is 82.0 Å². The first-order valence-corrected chi connectivity index (χ1v) is 11.1. The molecule has 0 fully saturated rings. The molecule has 0 atom stereocenters. The largest absolute Gasteiger partial charge is 0.402 e. The zero-order valence-electron chi connectivity index (χ0n) is 15.7. The molecule has 0 bridgehead atoms. The van der Waals surface area contributed by atoms with E-state index in [1.807, 2.05) is 12.1 Å². The molecule has 0 saturated heterocycles. The van der Waals surface area contributed by atoms with Crippen molar-refractivity contribution in [2.45, 2.75) is 4.90 Å². The molecule has 0 N–H and O–H groups in total. The van der Waals surface area contributed by atoms with Crippen LogP contribution in [-0.4, -0.2) is 20.3 Å². The Balaban J connectivity index is 1.51. The molecule has 3 aromatic rings. The zero-order valence-corrected chi connectivity index (χ0v) is 18.1. The van der Waals surface area contributed by atoms with Gasteiger partial charge in [0, 0.05) is 10.0 Å². The highest BCUT2D eigenvalue weighted by molar-refractivity contribution is 9.10. The van der Waals surface area contributed by atoms with Crippen molar-refractivity contribution in [1.82, 2.24) is 0 Å². The van der Waals surface area contributed by atoms with E-state index in [4.69, 9.17) is 8.92 Å². The molecule has 0 aliphatic carbocycles. The van der Waals surface area contributed by atoms with Gasteiger partial charge in [-0.2, -0.15) is 8.42 Å². The molecule has 156 valence electrons. The third-order valence-corrected chi connectivity index (χ3v) is 5.99. The van der Waals surface area contributed by atoms with Gasteiger partial charge in [-0.05, 0) is 72.3 Å². The quantitative estimate of drug-likeness (QED) is 0.287. The Morgan fingerprint density at radius 1 is 0.935 bits per heavy atom. The first-order valence-electron chi connectivity index (χ1n) is 8.89. The summed E-state index contributed by atoms with van der Waals surface area (Å²) >= 11 is 3.34. The molecule has 3 aromatic carbocycles. The van der Waals surface area contributed by atoms with Crippen LogP contribution in [-0.2, 0) is 19.6 Å². The molecular weight excluding hydrogens is 489 g/mol. The van der Waals surface area contributed by atoms with Crippen molar-refractivity contribution in [3.8, 4) is 5.75 Å². The van der Waals surface area contributed by atoms with Crippen LogP contribution >= 0.6 is 15.9 Å². The molecule has 0 radical (unpaired) electrons. The molecule has 4 rings (SSSR count). The van der Waals surface area contributed by atoms with Crippen LogP contribution in [0.5, 0.6) is 5.75 Å². The van der Waals surface area contributed by atoms with Gasteiger partial charge in [0.1, 0.15) is 16.5 Å². The Morgan fingerprint density at radius 2 is 1.58 bits per heavy atom. The molecule has 31 heavy (non-hydrogen) atoms. The maximum atomic E-state index is 13.0. The van der Waals surface area contributed by atoms with E-state index in [-0.39, 0.29) is 22.2 Å². The van der Waals surface area contributed by atoms with Crippen molar-refractivity contribution >= 4 is 44.0 Å². The molecule has 6 nitrogen and oxygen atoms in total. The summed E-state index contributed by atoms with van der Waals surface area (Å²) in [6.07, 6.45) is 1.52. The van der Waals surface area contributed by atoms with Gasteiger partial charge >= 0.3 is 16.1 Å². The van der Waals surface area contributed by atoms with Gasteiger partial charge in [0.15, 0.2) is 5.70 Å². The molecule has 1 heterocycles. The summed E-state index contributed by atoms with van der Waals surface area (Å²) in [5, 5.41) is 0. The zero-order chi connectivity index (χ0) is 22.0. The number of esters is 1. The average molecular weight is 502 g/mol. The maximum absolute atomic E-state index is 13.0. The van der Waals surface area contributed by atoms with Crippen LogP contribution in [0.25, 0.3) is 6.08 Å². The van der Waals surface area contributed by atoms with Crippen LogP contribution in [0, 0.1) is 5.82 Å². The predicted octanol–water partition coefficient (Wildman–Crippen LogP) is 4.70. The van der Waals surface area contributed by atoms with Gasteiger partial charge in [-0.15, -0.1) is 0 Å². The third kappa shape index (κ3) is 4.89. The number of aliphatic imine (C=N–C) groups is 1. The minimum absolute atomic E-state index is 0.0690. The fraction of sp³-hybridized carbons (Fsp3) is 0. The normalized spacial score (nSPS) is 15.0. The summed E-state index contributed by atoms with van der Waals surface area (Å²) in [5.41, 5.74) is 1.37. The van der Waals surface area contributed by atoms with Crippen molar-refractivity contribution in [2.75, 3.05) is 0 Å². The van der Waals surface area contributed by atoms with Gasteiger partial charge in [-0.1, -0.05) is 28.1 Å². The summed E-state index contributed by atoms with van der Waals surface area (Å²) in [6.45, 7) is 0. The van der Waals surface area contributed by atoms with Crippen LogP contribution in [0.15, 0.2) is 92.9 Å². The van der Waals surface area contributed by atoms with Gasteiger partial charge in [0.25, 0.3) is 0 Å². The van der Waals surface area contributed by atoms with E-state index in [9.17, 15) is 17.6 Å². The van der Waals surface area contributed by atoms with Crippen LogP contribution in [0.4, 0.5) is 4.39 Å². The Kier molecular flexibility index (Phi) is 5.71. The van der Waals surface area contributed by atoms with Gasteiger partial charge in [0.05, 0.1) is 0 Å². The fourth-order valence-corrected chi connectivity index (χ4v) is 3.87.